The monoisotopic (exact) mass is 440 g/mol. The van der Waals surface area contributed by atoms with Crippen LogP contribution in [-0.2, 0) is 4.79 Å². The molecule has 1 aromatic heterocycles. The second kappa shape index (κ2) is 7.01. The van der Waals surface area contributed by atoms with E-state index in [2.05, 4.69) is 9.97 Å². The van der Waals surface area contributed by atoms with Crippen LogP contribution in [0.3, 0.4) is 0 Å². The number of ketones is 1. The molecule has 1 aromatic carbocycles. The van der Waals surface area contributed by atoms with E-state index in [0.717, 1.165) is 0 Å². The Kier molecular flexibility index (Phi) is 4.47. The molecule has 3 heterocycles. The van der Waals surface area contributed by atoms with Gasteiger partial charge in [0.05, 0.1) is 25.7 Å². The van der Waals surface area contributed by atoms with Gasteiger partial charge in [-0.05, 0) is 18.4 Å². The highest BCUT2D eigenvalue weighted by Gasteiger charge is 2.46. The van der Waals surface area contributed by atoms with Crippen molar-refractivity contribution in [3.63, 3.8) is 0 Å². The summed E-state index contributed by atoms with van der Waals surface area (Å²) in [7, 11) is 3.02. The van der Waals surface area contributed by atoms with Crippen molar-refractivity contribution < 1.29 is 28.5 Å². The molecule has 1 atom stereocenters. The van der Waals surface area contributed by atoms with Crippen molar-refractivity contribution in [1.82, 2.24) is 9.97 Å². The van der Waals surface area contributed by atoms with Crippen LogP contribution in [-0.4, -0.2) is 36.8 Å². The first-order chi connectivity index (χ1) is 15.2. The molecule has 0 radical (unpaired) electrons. The molecule has 32 heavy (non-hydrogen) atoms. The Balaban J connectivity index is 1.84. The fourth-order valence-corrected chi connectivity index (χ4v) is 4.77. The summed E-state index contributed by atoms with van der Waals surface area (Å²) in [6, 6.07) is 1.73. The van der Waals surface area contributed by atoms with Crippen LogP contribution in [0.1, 0.15) is 49.6 Å². The molecule has 0 amide bonds. The number of aromatic amines is 1. The highest BCUT2D eigenvalue weighted by atomic mass is 16.7. The number of aryl methyl sites for hydroxylation is 1. The molecule has 0 saturated carbocycles. The third kappa shape index (κ3) is 2.95. The summed E-state index contributed by atoms with van der Waals surface area (Å²) < 4.78 is 28.5. The lowest BCUT2D eigenvalue weighted by Crippen LogP contribution is -2.36. The summed E-state index contributed by atoms with van der Waals surface area (Å²) in [5.74, 6) is 1.90. The van der Waals surface area contributed by atoms with Crippen molar-refractivity contribution in [2.75, 3.05) is 21.0 Å². The lowest BCUT2D eigenvalue weighted by atomic mass is 9.70. The highest BCUT2D eigenvalue weighted by Crippen LogP contribution is 2.56. The third-order valence-corrected chi connectivity index (χ3v) is 6.04. The largest absolute Gasteiger partial charge is 0.493 e. The van der Waals surface area contributed by atoms with E-state index in [1.807, 2.05) is 13.8 Å². The van der Waals surface area contributed by atoms with E-state index >= 15 is 0 Å². The van der Waals surface area contributed by atoms with E-state index in [4.69, 9.17) is 23.7 Å². The summed E-state index contributed by atoms with van der Waals surface area (Å²) in [6.07, 6.45) is 0.879. The number of hydrogen-bond donors (Lipinski definition) is 1. The zero-order valence-corrected chi connectivity index (χ0v) is 18.6. The van der Waals surface area contributed by atoms with Crippen LogP contribution < -0.4 is 29.2 Å². The molecule has 2 aromatic rings. The Morgan fingerprint density at radius 1 is 1.12 bits per heavy atom. The number of rotatable bonds is 3. The summed E-state index contributed by atoms with van der Waals surface area (Å²) >= 11 is 0. The fourth-order valence-electron chi connectivity index (χ4n) is 4.77. The molecule has 1 unspecified atom stereocenters. The van der Waals surface area contributed by atoms with E-state index in [9.17, 15) is 9.59 Å². The second-order valence-electron chi connectivity index (χ2n) is 8.95. The molecule has 0 bridgehead atoms. The number of hydrogen-bond acceptors (Lipinski definition) is 8. The van der Waals surface area contributed by atoms with Gasteiger partial charge in [-0.2, -0.15) is 4.98 Å². The number of methoxy groups -OCH3 is 2. The Labute approximate surface area is 184 Å². The summed E-state index contributed by atoms with van der Waals surface area (Å²) in [6.45, 7) is 5.73. The lowest BCUT2D eigenvalue weighted by Gasteiger charge is -2.37. The Morgan fingerprint density at radius 2 is 1.88 bits per heavy atom. The highest BCUT2D eigenvalue weighted by molar-refractivity contribution is 6.00. The van der Waals surface area contributed by atoms with Crippen LogP contribution in [0.5, 0.6) is 28.9 Å². The Bertz CT molecular complexity index is 1240. The van der Waals surface area contributed by atoms with Gasteiger partial charge in [0.1, 0.15) is 11.6 Å². The number of fused-ring (bicyclic) bond motifs is 2. The number of allylic oxidation sites excluding steroid dienone is 2. The smallest absolute Gasteiger partial charge is 0.258 e. The first kappa shape index (κ1) is 20.4. The van der Waals surface area contributed by atoms with E-state index in [-0.39, 0.29) is 35.0 Å². The van der Waals surface area contributed by atoms with Crippen LogP contribution in [0, 0.1) is 12.3 Å². The number of nitrogens with zero attached hydrogens (tertiary/aromatic N) is 1. The second-order valence-corrected chi connectivity index (χ2v) is 8.95. The summed E-state index contributed by atoms with van der Waals surface area (Å²) in [4.78, 5) is 33.7. The van der Waals surface area contributed by atoms with Gasteiger partial charge in [-0.3, -0.25) is 9.59 Å². The minimum Gasteiger partial charge on any atom is -0.493 e. The van der Waals surface area contributed by atoms with Crippen molar-refractivity contribution in [3.05, 3.63) is 44.7 Å². The topological polar surface area (TPSA) is 109 Å². The fraction of sp³-hybridized carbons (Fsp3) is 0.435. The van der Waals surface area contributed by atoms with Crippen molar-refractivity contribution in [1.29, 1.82) is 0 Å². The maximum atomic E-state index is 13.4. The van der Waals surface area contributed by atoms with E-state index in [0.29, 0.717) is 58.6 Å². The van der Waals surface area contributed by atoms with E-state index in [1.165, 1.54) is 14.2 Å². The van der Waals surface area contributed by atoms with Gasteiger partial charge in [-0.15, -0.1) is 0 Å². The minimum absolute atomic E-state index is 0.0122. The first-order valence-electron chi connectivity index (χ1n) is 10.3. The van der Waals surface area contributed by atoms with Crippen molar-refractivity contribution >= 4 is 5.78 Å². The number of nitrogens with one attached hydrogen (secondary N) is 1. The van der Waals surface area contributed by atoms with Crippen LogP contribution in [0.4, 0.5) is 0 Å². The first-order valence-corrected chi connectivity index (χ1v) is 10.3. The molecular formula is C23H24N2O7. The van der Waals surface area contributed by atoms with E-state index < -0.39 is 5.92 Å². The van der Waals surface area contributed by atoms with Gasteiger partial charge < -0.3 is 28.7 Å². The zero-order chi connectivity index (χ0) is 22.8. The van der Waals surface area contributed by atoms with Crippen LogP contribution in [0.25, 0.3) is 0 Å². The maximum Gasteiger partial charge on any atom is 0.258 e. The molecule has 0 spiro atoms. The van der Waals surface area contributed by atoms with Gasteiger partial charge in [0, 0.05) is 24.0 Å². The molecule has 2 aliphatic heterocycles. The van der Waals surface area contributed by atoms with Gasteiger partial charge in [0.2, 0.25) is 24.2 Å². The molecule has 9 nitrogen and oxygen atoms in total. The van der Waals surface area contributed by atoms with Crippen LogP contribution >= 0.6 is 0 Å². The quantitative estimate of drug-likeness (QED) is 0.776. The summed E-state index contributed by atoms with van der Waals surface area (Å²) in [5, 5.41) is 0. The van der Waals surface area contributed by atoms with Crippen LogP contribution in [0.2, 0.25) is 0 Å². The number of H-pyrrole nitrogens is 1. The number of carbonyl (C=O) groups is 1. The molecule has 5 rings (SSSR count). The minimum atomic E-state index is -0.757. The molecule has 9 heteroatoms. The third-order valence-electron chi connectivity index (χ3n) is 6.04. The molecule has 0 fully saturated rings. The van der Waals surface area contributed by atoms with Gasteiger partial charge in [0.15, 0.2) is 17.3 Å². The number of carbonyl (C=O) groups excluding carboxylic acids is 1. The molecule has 1 N–H and O–H groups in total. The van der Waals surface area contributed by atoms with Gasteiger partial charge in [-0.25, -0.2) is 0 Å². The molecule has 3 aliphatic rings. The van der Waals surface area contributed by atoms with Crippen molar-refractivity contribution in [2.24, 2.45) is 5.41 Å². The number of ether oxygens (including phenoxy) is 5. The van der Waals surface area contributed by atoms with Crippen LogP contribution in [0.15, 0.2) is 22.2 Å². The van der Waals surface area contributed by atoms with Crippen molar-refractivity contribution in [2.45, 2.75) is 39.5 Å². The van der Waals surface area contributed by atoms with Gasteiger partial charge in [0.25, 0.3) is 5.56 Å². The van der Waals surface area contributed by atoms with Gasteiger partial charge >= 0.3 is 0 Å². The number of aromatic nitrogens is 2. The molecule has 1 aliphatic carbocycles. The number of benzene rings is 1. The van der Waals surface area contributed by atoms with Gasteiger partial charge in [-0.1, -0.05) is 13.8 Å². The predicted octanol–water partition coefficient (Wildman–Crippen LogP) is 2.99. The number of Topliss-reactive ketones (excluding diaryl/α,β-unsaturated/α-hetero) is 1. The van der Waals surface area contributed by atoms with Crippen molar-refractivity contribution in [3.8, 4) is 28.9 Å². The van der Waals surface area contributed by atoms with E-state index in [1.54, 1.807) is 13.0 Å². The predicted molar refractivity (Wildman–Crippen MR) is 113 cm³/mol. The summed E-state index contributed by atoms with van der Waals surface area (Å²) in [5.41, 5.74) is 0.592. The lowest BCUT2D eigenvalue weighted by molar-refractivity contribution is -0.118. The SMILES string of the molecule is COc1cc(C2C3=C(CC(C)(C)CC3=O)Oc3nc(C)[nH]c(=O)c32)c(OC)c2c1OCO2. The zero-order valence-electron chi connectivity index (χ0n) is 18.6. The average Bonchev–Trinajstić information content (AvgIpc) is 3.19. The normalized spacial score (nSPS) is 20.4. The standard InChI is InChI=1S/C23H24N2O7/c1-10-24-21(27)17-15(11-6-13(28-4)19-20(18(11)29-5)31-9-30-19)16-12(26)7-23(2,3)8-14(16)32-22(17)25-10/h6,15H,7-9H2,1-5H3,(H,24,25,27). The molecular weight excluding hydrogens is 416 g/mol. The molecule has 0 saturated heterocycles. The maximum absolute atomic E-state index is 13.4. The Morgan fingerprint density at radius 3 is 2.59 bits per heavy atom. The Hall–Kier alpha value is -3.49. The molecule has 168 valence electrons. The average molecular weight is 440 g/mol.